The first-order valence-electron chi connectivity index (χ1n) is 7.26. The number of anilines is 1. The molecule has 1 N–H and O–H groups in total. The van der Waals surface area contributed by atoms with Gasteiger partial charge < -0.3 is 14.8 Å². The molecule has 23 heavy (non-hydrogen) atoms. The van der Waals surface area contributed by atoms with Crippen LogP contribution in [0.1, 0.15) is 5.56 Å². The van der Waals surface area contributed by atoms with Crippen LogP contribution in [0.25, 0.3) is 11.3 Å². The van der Waals surface area contributed by atoms with Crippen LogP contribution in [0.4, 0.5) is 5.13 Å². The van der Waals surface area contributed by atoms with Crippen molar-refractivity contribution in [2.45, 2.75) is 6.54 Å². The second-order valence-corrected chi connectivity index (χ2v) is 5.80. The molecule has 0 aliphatic carbocycles. The molecule has 118 valence electrons. The van der Waals surface area contributed by atoms with Crippen LogP contribution < -0.4 is 14.8 Å². The summed E-state index contributed by atoms with van der Waals surface area (Å²) in [5.41, 5.74) is 3.08. The minimum absolute atomic E-state index is 0.754. The summed E-state index contributed by atoms with van der Waals surface area (Å²) >= 11 is 1.58. The van der Waals surface area contributed by atoms with E-state index in [2.05, 4.69) is 22.4 Å². The van der Waals surface area contributed by atoms with Crippen LogP contribution in [-0.2, 0) is 6.54 Å². The van der Waals surface area contributed by atoms with Crippen molar-refractivity contribution in [2.24, 2.45) is 0 Å². The van der Waals surface area contributed by atoms with Crippen molar-refractivity contribution in [3.05, 3.63) is 59.5 Å². The summed E-state index contributed by atoms with van der Waals surface area (Å²) in [6.45, 7) is 0.757. The SMILES string of the molecule is COc1ccc(-c2csc(NCc3ccccc3)n2)c(OC)c1. The van der Waals surface area contributed by atoms with E-state index in [1.54, 1.807) is 25.6 Å². The molecule has 0 bridgehead atoms. The molecular weight excluding hydrogens is 308 g/mol. The Balaban J connectivity index is 1.76. The summed E-state index contributed by atoms with van der Waals surface area (Å²) in [5.74, 6) is 1.52. The first-order valence-corrected chi connectivity index (χ1v) is 8.14. The molecule has 3 aromatic rings. The molecule has 0 saturated heterocycles. The van der Waals surface area contributed by atoms with E-state index in [0.29, 0.717) is 0 Å². The largest absolute Gasteiger partial charge is 0.497 e. The van der Waals surface area contributed by atoms with Crippen molar-refractivity contribution in [3.8, 4) is 22.8 Å². The van der Waals surface area contributed by atoms with E-state index < -0.39 is 0 Å². The molecule has 0 saturated carbocycles. The number of thiazole rings is 1. The van der Waals surface area contributed by atoms with Crippen molar-refractivity contribution >= 4 is 16.5 Å². The lowest BCUT2D eigenvalue weighted by atomic mass is 10.1. The van der Waals surface area contributed by atoms with Crippen molar-refractivity contribution in [1.82, 2.24) is 4.98 Å². The lowest BCUT2D eigenvalue weighted by Crippen LogP contribution is -1.98. The number of benzene rings is 2. The van der Waals surface area contributed by atoms with Gasteiger partial charge in [0, 0.05) is 23.6 Å². The van der Waals surface area contributed by atoms with Gasteiger partial charge in [-0.15, -0.1) is 11.3 Å². The average Bonchev–Trinajstić information content (AvgIpc) is 3.09. The van der Waals surface area contributed by atoms with Crippen LogP contribution in [0.5, 0.6) is 11.5 Å². The molecule has 0 atom stereocenters. The van der Waals surface area contributed by atoms with Gasteiger partial charge in [0.05, 0.1) is 19.9 Å². The number of hydrogen-bond acceptors (Lipinski definition) is 5. The van der Waals surface area contributed by atoms with Crippen LogP contribution in [-0.4, -0.2) is 19.2 Å². The molecule has 0 fully saturated rings. The first kappa shape index (κ1) is 15.4. The van der Waals surface area contributed by atoms with Gasteiger partial charge in [0.15, 0.2) is 5.13 Å². The fourth-order valence-electron chi connectivity index (χ4n) is 2.26. The minimum Gasteiger partial charge on any atom is -0.497 e. The number of hydrogen-bond donors (Lipinski definition) is 1. The summed E-state index contributed by atoms with van der Waals surface area (Å²) in [7, 11) is 3.29. The Hall–Kier alpha value is -2.53. The molecule has 0 aliphatic rings. The minimum atomic E-state index is 0.754. The topological polar surface area (TPSA) is 43.4 Å². The lowest BCUT2D eigenvalue weighted by molar-refractivity contribution is 0.395. The molecular formula is C18H18N2O2S. The molecule has 0 radical (unpaired) electrons. The fraction of sp³-hybridized carbons (Fsp3) is 0.167. The highest BCUT2D eigenvalue weighted by molar-refractivity contribution is 7.14. The van der Waals surface area contributed by atoms with Crippen molar-refractivity contribution in [3.63, 3.8) is 0 Å². The summed E-state index contributed by atoms with van der Waals surface area (Å²) in [6, 6.07) is 16.0. The summed E-state index contributed by atoms with van der Waals surface area (Å²) in [5, 5.41) is 6.27. The number of rotatable bonds is 6. The van der Waals surface area contributed by atoms with Gasteiger partial charge in [-0.1, -0.05) is 30.3 Å². The smallest absolute Gasteiger partial charge is 0.183 e. The zero-order chi connectivity index (χ0) is 16.1. The molecule has 5 heteroatoms. The quantitative estimate of drug-likeness (QED) is 0.727. The normalized spacial score (nSPS) is 10.3. The zero-order valence-corrected chi connectivity index (χ0v) is 13.9. The van der Waals surface area contributed by atoms with E-state index in [-0.39, 0.29) is 0 Å². The van der Waals surface area contributed by atoms with Crippen LogP contribution in [0.3, 0.4) is 0 Å². The highest BCUT2D eigenvalue weighted by Crippen LogP contribution is 2.34. The van der Waals surface area contributed by atoms with Crippen molar-refractivity contribution < 1.29 is 9.47 Å². The highest BCUT2D eigenvalue weighted by atomic mass is 32.1. The predicted molar refractivity (Wildman–Crippen MR) is 94.4 cm³/mol. The molecule has 3 rings (SSSR count). The summed E-state index contributed by atoms with van der Waals surface area (Å²) in [4.78, 5) is 4.65. The maximum atomic E-state index is 5.45. The Morgan fingerprint density at radius 2 is 1.87 bits per heavy atom. The molecule has 0 unspecified atom stereocenters. The Kier molecular flexibility index (Phi) is 4.78. The summed E-state index contributed by atoms with van der Waals surface area (Å²) < 4.78 is 10.7. The number of nitrogens with zero attached hydrogens (tertiary/aromatic N) is 1. The van der Waals surface area contributed by atoms with Crippen LogP contribution in [0.2, 0.25) is 0 Å². The van der Waals surface area contributed by atoms with Gasteiger partial charge in [-0.3, -0.25) is 0 Å². The summed E-state index contributed by atoms with van der Waals surface area (Å²) in [6.07, 6.45) is 0. The van der Waals surface area contributed by atoms with Crippen molar-refractivity contribution in [1.29, 1.82) is 0 Å². The number of ether oxygens (including phenoxy) is 2. The molecule has 0 aliphatic heterocycles. The maximum Gasteiger partial charge on any atom is 0.183 e. The van der Waals surface area contributed by atoms with E-state index in [9.17, 15) is 0 Å². The van der Waals surface area contributed by atoms with Gasteiger partial charge in [-0.2, -0.15) is 0 Å². The Morgan fingerprint density at radius 1 is 1.04 bits per heavy atom. The molecule has 1 aromatic heterocycles. The molecule has 0 spiro atoms. The van der Waals surface area contributed by atoms with E-state index >= 15 is 0 Å². The van der Waals surface area contributed by atoms with E-state index in [1.165, 1.54) is 5.56 Å². The van der Waals surface area contributed by atoms with Crippen molar-refractivity contribution in [2.75, 3.05) is 19.5 Å². The van der Waals surface area contributed by atoms with Gasteiger partial charge in [-0.05, 0) is 17.7 Å². The highest BCUT2D eigenvalue weighted by Gasteiger charge is 2.11. The lowest BCUT2D eigenvalue weighted by Gasteiger charge is -2.08. The standard InChI is InChI=1S/C18H18N2O2S/c1-21-14-8-9-15(17(10-14)22-2)16-12-23-18(20-16)19-11-13-6-4-3-5-7-13/h3-10,12H,11H2,1-2H3,(H,19,20). The second-order valence-electron chi connectivity index (χ2n) is 4.94. The van der Waals surface area contributed by atoms with Gasteiger partial charge in [0.2, 0.25) is 0 Å². The number of methoxy groups -OCH3 is 2. The fourth-order valence-corrected chi connectivity index (χ4v) is 2.97. The third-order valence-electron chi connectivity index (χ3n) is 3.48. The Morgan fingerprint density at radius 3 is 2.61 bits per heavy atom. The number of aromatic nitrogens is 1. The van der Waals surface area contributed by atoms with Gasteiger partial charge in [0.1, 0.15) is 11.5 Å². The number of nitrogens with one attached hydrogen (secondary N) is 1. The molecule has 0 amide bonds. The Labute approximate surface area is 139 Å². The van der Waals surface area contributed by atoms with Gasteiger partial charge in [-0.25, -0.2) is 4.98 Å². The van der Waals surface area contributed by atoms with E-state index in [0.717, 1.165) is 34.4 Å². The van der Waals surface area contributed by atoms with Crippen LogP contribution >= 0.6 is 11.3 Å². The second kappa shape index (κ2) is 7.15. The first-order chi connectivity index (χ1) is 11.3. The van der Waals surface area contributed by atoms with Gasteiger partial charge in [0.25, 0.3) is 0 Å². The van der Waals surface area contributed by atoms with E-state index in [4.69, 9.17) is 9.47 Å². The monoisotopic (exact) mass is 326 g/mol. The third-order valence-corrected chi connectivity index (χ3v) is 4.28. The van der Waals surface area contributed by atoms with Crippen LogP contribution in [0, 0.1) is 0 Å². The zero-order valence-electron chi connectivity index (χ0n) is 13.1. The Bertz CT molecular complexity index is 772. The molecule has 1 heterocycles. The predicted octanol–water partition coefficient (Wildman–Crippen LogP) is 4.44. The molecule has 4 nitrogen and oxygen atoms in total. The third kappa shape index (κ3) is 3.63. The van der Waals surface area contributed by atoms with Crippen LogP contribution in [0.15, 0.2) is 53.9 Å². The van der Waals surface area contributed by atoms with Gasteiger partial charge >= 0.3 is 0 Å². The maximum absolute atomic E-state index is 5.45. The molecule has 2 aromatic carbocycles. The average molecular weight is 326 g/mol. The van der Waals surface area contributed by atoms with E-state index in [1.807, 2.05) is 41.8 Å².